The lowest BCUT2D eigenvalue weighted by Crippen LogP contribution is -2.26. The summed E-state index contributed by atoms with van der Waals surface area (Å²) in [4.78, 5) is 0. The summed E-state index contributed by atoms with van der Waals surface area (Å²) in [5.41, 5.74) is 0.980. The van der Waals surface area contributed by atoms with Crippen LogP contribution in [0.25, 0.3) is 0 Å². The van der Waals surface area contributed by atoms with Crippen LogP contribution in [0.3, 0.4) is 0 Å². The maximum Gasteiger partial charge on any atom is 0.573 e. The van der Waals surface area contributed by atoms with Crippen molar-refractivity contribution in [1.82, 2.24) is 5.32 Å². The minimum Gasteiger partial charge on any atom is -0.405 e. The van der Waals surface area contributed by atoms with Gasteiger partial charge in [-0.05, 0) is 43.5 Å². The van der Waals surface area contributed by atoms with E-state index in [-0.39, 0.29) is 17.2 Å². The number of benzene rings is 1. The second-order valence-corrected chi connectivity index (χ2v) is 4.60. The Bertz CT molecular complexity index is 428. The van der Waals surface area contributed by atoms with Crippen LogP contribution in [-0.2, 0) is 6.61 Å². The summed E-state index contributed by atoms with van der Waals surface area (Å²) in [6, 6.07) is 4.66. The molecular formula is C13H16F3NO2. The van der Waals surface area contributed by atoms with Gasteiger partial charge in [-0.15, -0.1) is 13.2 Å². The first-order chi connectivity index (χ1) is 8.99. The Morgan fingerprint density at radius 1 is 1.26 bits per heavy atom. The SMILES string of the molecule is OCc1ccc(C2CCNCC2)cc1OC(F)(F)F. The number of aliphatic hydroxyl groups excluding tert-OH is 1. The van der Waals surface area contributed by atoms with E-state index in [0.717, 1.165) is 31.5 Å². The zero-order chi connectivity index (χ0) is 13.9. The van der Waals surface area contributed by atoms with Crippen molar-refractivity contribution < 1.29 is 23.0 Å². The maximum absolute atomic E-state index is 12.3. The van der Waals surface area contributed by atoms with E-state index in [1.54, 1.807) is 6.07 Å². The molecule has 2 rings (SSSR count). The highest BCUT2D eigenvalue weighted by atomic mass is 19.4. The summed E-state index contributed by atoms with van der Waals surface area (Å²) in [5, 5.41) is 12.3. The standard InChI is InChI=1S/C13H16F3NO2/c14-13(15,16)19-12-7-10(1-2-11(12)8-18)9-3-5-17-6-4-9/h1-2,7,9,17-18H,3-6,8H2. The molecule has 0 bridgehead atoms. The molecule has 0 atom stereocenters. The molecule has 0 amide bonds. The van der Waals surface area contributed by atoms with Gasteiger partial charge >= 0.3 is 6.36 Å². The Kier molecular flexibility index (Phi) is 4.31. The average Bonchev–Trinajstić information content (AvgIpc) is 2.38. The van der Waals surface area contributed by atoms with Crippen LogP contribution in [0.2, 0.25) is 0 Å². The Morgan fingerprint density at radius 2 is 1.95 bits per heavy atom. The third kappa shape index (κ3) is 3.84. The molecule has 3 nitrogen and oxygen atoms in total. The molecule has 1 aliphatic heterocycles. The number of ether oxygens (including phenoxy) is 1. The monoisotopic (exact) mass is 275 g/mol. The quantitative estimate of drug-likeness (QED) is 0.890. The smallest absolute Gasteiger partial charge is 0.405 e. The molecule has 19 heavy (non-hydrogen) atoms. The zero-order valence-electron chi connectivity index (χ0n) is 10.3. The first-order valence-corrected chi connectivity index (χ1v) is 6.20. The number of alkyl halides is 3. The van der Waals surface area contributed by atoms with Gasteiger partial charge in [0, 0.05) is 5.56 Å². The summed E-state index contributed by atoms with van der Waals surface area (Å²) in [5.74, 6) is -0.0596. The van der Waals surface area contributed by atoms with Crippen molar-refractivity contribution in [1.29, 1.82) is 0 Å². The lowest BCUT2D eigenvalue weighted by molar-refractivity contribution is -0.275. The number of halogens is 3. The summed E-state index contributed by atoms with van der Waals surface area (Å²) in [6.07, 6.45) is -2.95. The molecule has 0 saturated carbocycles. The van der Waals surface area contributed by atoms with Gasteiger partial charge in [-0.25, -0.2) is 0 Å². The largest absolute Gasteiger partial charge is 0.573 e. The second kappa shape index (κ2) is 5.79. The van der Waals surface area contributed by atoms with Crippen molar-refractivity contribution in [2.75, 3.05) is 13.1 Å². The minimum absolute atomic E-state index is 0.148. The van der Waals surface area contributed by atoms with Gasteiger partial charge in [-0.2, -0.15) is 0 Å². The van der Waals surface area contributed by atoms with Crippen LogP contribution in [0, 0.1) is 0 Å². The predicted octanol–water partition coefficient (Wildman–Crippen LogP) is 2.54. The van der Waals surface area contributed by atoms with Crippen molar-refractivity contribution in [3.05, 3.63) is 29.3 Å². The molecule has 0 aliphatic carbocycles. The van der Waals surface area contributed by atoms with Gasteiger partial charge < -0.3 is 15.2 Å². The molecule has 1 fully saturated rings. The normalized spacial score (nSPS) is 17.5. The number of aliphatic hydroxyl groups is 1. The lowest BCUT2D eigenvalue weighted by atomic mass is 9.89. The van der Waals surface area contributed by atoms with Crippen LogP contribution in [0.1, 0.15) is 29.9 Å². The van der Waals surface area contributed by atoms with Crippen LogP contribution in [0.15, 0.2) is 18.2 Å². The lowest BCUT2D eigenvalue weighted by Gasteiger charge is -2.24. The molecule has 0 radical (unpaired) electrons. The van der Waals surface area contributed by atoms with Crippen molar-refractivity contribution in [2.24, 2.45) is 0 Å². The van der Waals surface area contributed by atoms with Gasteiger partial charge in [0.05, 0.1) is 6.61 Å². The van der Waals surface area contributed by atoms with Gasteiger partial charge in [0.25, 0.3) is 0 Å². The van der Waals surface area contributed by atoms with Gasteiger partial charge in [0.1, 0.15) is 5.75 Å². The van der Waals surface area contributed by atoms with E-state index in [4.69, 9.17) is 5.11 Å². The number of hydrogen-bond donors (Lipinski definition) is 2. The maximum atomic E-state index is 12.3. The summed E-state index contributed by atoms with van der Waals surface area (Å²) >= 11 is 0. The average molecular weight is 275 g/mol. The molecule has 1 heterocycles. The molecule has 1 aromatic carbocycles. The second-order valence-electron chi connectivity index (χ2n) is 4.60. The molecule has 0 unspecified atom stereocenters. The van der Waals surface area contributed by atoms with Crippen molar-refractivity contribution in [2.45, 2.75) is 31.7 Å². The summed E-state index contributed by atoms with van der Waals surface area (Å²) in [6.45, 7) is 1.25. The molecule has 1 aliphatic rings. The summed E-state index contributed by atoms with van der Waals surface area (Å²) < 4.78 is 40.9. The van der Waals surface area contributed by atoms with Gasteiger partial charge in [-0.3, -0.25) is 0 Å². The topological polar surface area (TPSA) is 41.5 Å². The van der Waals surface area contributed by atoms with Crippen molar-refractivity contribution in [3.63, 3.8) is 0 Å². The van der Waals surface area contributed by atoms with E-state index < -0.39 is 13.0 Å². The molecule has 2 N–H and O–H groups in total. The van der Waals surface area contributed by atoms with Crippen LogP contribution in [-0.4, -0.2) is 24.6 Å². The van der Waals surface area contributed by atoms with Gasteiger partial charge in [0.15, 0.2) is 0 Å². The Hall–Kier alpha value is -1.27. The molecule has 0 aromatic heterocycles. The summed E-state index contributed by atoms with van der Waals surface area (Å²) in [7, 11) is 0. The van der Waals surface area contributed by atoms with E-state index in [1.165, 1.54) is 12.1 Å². The highest BCUT2D eigenvalue weighted by molar-refractivity contribution is 5.39. The van der Waals surface area contributed by atoms with Crippen LogP contribution >= 0.6 is 0 Å². The number of piperidine rings is 1. The predicted molar refractivity (Wildman–Crippen MR) is 63.9 cm³/mol. The number of hydrogen-bond acceptors (Lipinski definition) is 3. The fourth-order valence-electron chi connectivity index (χ4n) is 2.33. The Balaban J connectivity index is 2.24. The molecule has 106 valence electrons. The van der Waals surface area contributed by atoms with Crippen molar-refractivity contribution >= 4 is 0 Å². The Labute approximate surface area is 109 Å². The Morgan fingerprint density at radius 3 is 2.53 bits per heavy atom. The fourth-order valence-corrected chi connectivity index (χ4v) is 2.33. The van der Waals surface area contributed by atoms with E-state index in [2.05, 4.69) is 10.1 Å². The first kappa shape index (κ1) is 14.1. The zero-order valence-corrected chi connectivity index (χ0v) is 10.3. The minimum atomic E-state index is -4.74. The fraction of sp³-hybridized carbons (Fsp3) is 0.538. The first-order valence-electron chi connectivity index (χ1n) is 6.20. The third-order valence-corrected chi connectivity index (χ3v) is 3.30. The van der Waals surface area contributed by atoms with Crippen LogP contribution in [0.5, 0.6) is 5.75 Å². The van der Waals surface area contributed by atoms with Gasteiger partial charge in [0.2, 0.25) is 0 Å². The van der Waals surface area contributed by atoms with E-state index in [1.807, 2.05) is 0 Å². The van der Waals surface area contributed by atoms with E-state index >= 15 is 0 Å². The number of rotatable bonds is 3. The van der Waals surface area contributed by atoms with Gasteiger partial charge in [-0.1, -0.05) is 12.1 Å². The highest BCUT2D eigenvalue weighted by Crippen LogP contribution is 2.32. The van der Waals surface area contributed by atoms with E-state index in [0.29, 0.717) is 0 Å². The number of nitrogens with one attached hydrogen (secondary N) is 1. The van der Waals surface area contributed by atoms with E-state index in [9.17, 15) is 13.2 Å². The molecule has 6 heteroatoms. The molecular weight excluding hydrogens is 259 g/mol. The van der Waals surface area contributed by atoms with Crippen LogP contribution < -0.4 is 10.1 Å². The van der Waals surface area contributed by atoms with Crippen LogP contribution in [0.4, 0.5) is 13.2 Å². The highest BCUT2D eigenvalue weighted by Gasteiger charge is 2.32. The third-order valence-electron chi connectivity index (χ3n) is 3.30. The molecule has 1 aromatic rings. The molecule has 1 saturated heterocycles. The molecule has 0 spiro atoms. The van der Waals surface area contributed by atoms with Crippen molar-refractivity contribution in [3.8, 4) is 5.75 Å².